The number of hydrogen-bond acceptors (Lipinski definition) is 2. The van der Waals surface area contributed by atoms with Gasteiger partial charge in [0.05, 0.1) is 11.4 Å². The van der Waals surface area contributed by atoms with Crippen LogP contribution in [0.25, 0.3) is 11.3 Å². The summed E-state index contributed by atoms with van der Waals surface area (Å²) < 4.78 is 14.8. The number of aromatic nitrogens is 2. The number of halogens is 1. The molecular formula is C13H16FN3. The lowest BCUT2D eigenvalue weighted by Gasteiger charge is -2.03. The molecule has 2 rings (SSSR count). The van der Waals surface area contributed by atoms with Gasteiger partial charge in [-0.1, -0.05) is 0 Å². The summed E-state index contributed by atoms with van der Waals surface area (Å²) in [6.45, 7) is 3.58. The molecule has 0 atom stereocenters. The van der Waals surface area contributed by atoms with E-state index in [4.69, 9.17) is 0 Å². The summed E-state index contributed by atoms with van der Waals surface area (Å²) in [6.07, 6.45) is 0. The number of aryl methyl sites for hydroxylation is 1. The molecule has 3 nitrogen and oxygen atoms in total. The molecule has 2 aromatic rings. The summed E-state index contributed by atoms with van der Waals surface area (Å²) in [5, 5.41) is 7.55. The van der Waals surface area contributed by atoms with Crippen molar-refractivity contribution in [3.8, 4) is 11.3 Å². The zero-order valence-corrected chi connectivity index (χ0v) is 10.1. The van der Waals surface area contributed by atoms with Crippen molar-refractivity contribution in [3.63, 3.8) is 0 Å². The zero-order chi connectivity index (χ0) is 12.3. The quantitative estimate of drug-likeness (QED) is 0.879. The molecular weight excluding hydrogens is 217 g/mol. The highest BCUT2D eigenvalue weighted by Gasteiger charge is 2.08. The first-order valence-corrected chi connectivity index (χ1v) is 5.72. The highest BCUT2D eigenvalue weighted by Crippen LogP contribution is 2.21. The van der Waals surface area contributed by atoms with Crippen molar-refractivity contribution in [1.29, 1.82) is 0 Å². The minimum Gasteiger partial charge on any atom is -0.314 e. The van der Waals surface area contributed by atoms with E-state index in [1.807, 2.05) is 24.7 Å². The molecule has 0 radical (unpaired) electrons. The Balaban J connectivity index is 2.39. The van der Waals surface area contributed by atoms with Crippen LogP contribution in [0.15, 0.2) is 30.3 Å². The van der Waals surface area contributed by atoms with E-state index in [2.05, 4.69) is 10.4 Å². The Hall–Kier alpha value is -1.68. The number of rotatable bonds is 4. The van der Waals surface area contributed by atoms with Crippen LogP contribution in [0, 0.1) is 5.82 Å². The van der Waals surface area contributed by atoms with Gasteiger partial charge in [0.1, 0.15) is 5.82 Å². The molecule has 0 bridgehead atoms. The lowest BCUT2D eigenvalue weighted by atomic mass is 10.1. The van der Waals surface area contributed by atoms with Gasteiger partial charge in [0.2, 0.25) is 0 Å². The molecule has 0 unspecified atom stereocenters. The Morgan fingerprint density at radius 1 is 1.29 bits per heavy atom. The molecule has 0 spiro atoms. The fraction of sp³-hybridized carbons (Fsp3) is 0.308. The normalized spacial score (nSPS) is 10.8. The maximum absolute atomic E-state index is 12.9. The Morgan fingerprint density at radius 3 is 2.59 bits per heavy atom. The third kappa shape index (κ3) is 2.53. The second kappa shape index (κ2) is 5.10. The van der Waals surface area contributed by atoms with Gasteiger partial charge in [-0.25, -0.2) is 4.39 Å². The van der Waals surface area contributed by atoms with Crippen molar-refractivity contribution in [2.75, 3.05) is 7.05 Å². The van der Waals surface area contributed by atoms with Crippen molar-refractivity contribution in [2.24, 2.45) is 0 Å². The zero-order valence-electron chi connectivity index (χ0n) is 10.1. The van der Waals surface area contributed by atoms with Crippen molar-refractivity contribution >= 4 is 0 Å². The number of nitrogens with zero attached hydrogens (tertiary/aromatic N) is 2. The third-order valence-electron chi connectivity index (χ3n) is 2.63. The second-order valence-corrected chi connectivity index (χ2v) is 3.87. The summed E-state index contributed by atoms with van der Waals surface area (Å²) in [5.74, 6) is -0.216. The van der Waals surface area contributed by atoms with E-state index in [1.165, 1.54) is 12.1 Å². The number of benzene rings is 1. The van der Waals surface area contributed by atoms with Gasteiger partial charge in [0.15, 0.2) is 0 Å². The minimum atomic E-state index is -0.216. The highest BCUT2D eigenvalue weighted by atomic mass is 19.1. The van der Waals surface area contributed by atoms with Gasteiger partial charge in [0.25, 0.3) is 0 Å². The smallest absolute Gasteiger partial charge is 0.123 e. The van der Waals surface area contributed by atoms with Crippen LogP contribution in [-0.4, -0.2) is 16.8 Å². The van der Waals surface area contributed by atoms with Crippen LogP contribution >= 0.6 is 0 Å². The highest BCUT2D eigenvalue weighted by molar-refractivity contribution is 5.59. The number of nitrogens with one attached hydrogen (secondary N) is 1. The van der Waals surface area contributed by atoms with Crippen molar-refractivity contribution in [1.82, 2.24) is 15.1 Å². The summed E-state index contributed by atoms with van der Waals surface area (Å²) in [7, 11) is 1.89. The fourth-order valence-corrected chi connectivity index (χ4v) is 1.83. The Bertz CT molecular complexity index is 488. The van der Waals surface area contributed by atoms with E-state index in [0.29, 0.717) is 0 Å². The van der Waals surface area contributed by atoms with Crippen LogP contribution in [0.1, 0.15) is 12.6 Å². The fourth-order valence-electron chi connectivity index (χ4n) is 1.83. The summed E-state index contributed by atoms with van der Waals surface area (Å²) >= 11 is 0. The maximum Gasteiger partial charge on any atom is 0.123 e. The molecule has 1 N–H and O–H groups in total. The van der Waals surface area contributed by atoms with Crippen LogP contribution in [-0.2, 0) is 13.1 Å². The summed E-state index contributed by atoms with van der Waals surface area (Å²) in [5.41, 5.74) is 3.01. The molecule has 0 aliphatic carbocycles. The van der Waals surface area contributed by atoms with Gasteiger partial charge < -0.3 is 5.32 Å². The largest absolute Gasteiger partial charge is 0.314 e. The van der Waals surface area contributed by atoms with Crippen molar-refractivity contribution in [2.45, 2.75) is 20.0 Å². The van der Waals surface area contributed by atoms with Crippen LogP contribution in [0.2, 0.25) is 0 Å². The maximum atomic E-state index is 12.9. The van der Waals surface area contributed by atoms with E-state index in [-0.39, 0.29) is 5.82 Å². The predicted octanol–water partition coefficient (Wildman–Crippen LogP) is 2.43. The van der Waals surface area contributed by atoms with Gasteiger partial charge >= 0.3 is 0 Å². The molecule has 0 aliphatic rings. The first-order valence-electron chi connectivity index (χ1n) is 5.72. The van der Waals surface area contributed by atoms with Crippen LogP contribution in [0.4, 0.5) is 4.39 Å². The van der Waals surface area contributed by atoms with Gasteiger partial charge in [-0.2, -0.15) is 5.10 Å². The predicted molar refractivity (Wildman–Crippen MR) is 66.1 cm³/mol. The standard InChI is InChI=1S/C13H16FN3/c1-3-17-13(8-12(16-17)9-15-2)10-4-6-11(14)7-5-10/h4-8,15H,3,9H2,1-2H3. The van der Waals surface area contributed by atoms with E-state index in [0.717, 1.165) is 30.0 Å². The SMILES string of the molecule is CCn1nc(CNC)cc1-c1ccc(F)cc1. The first-order chi connectivity index (χ1) is 8.24. The lowest BCUT2D eigenvalue weighted by Crippen LogP contribution is -2.06. The Morgan fingerprint density at radius 2 is 2.00 bits per heavy atom. The molecule has 1 aromatic carbocycles. The summed E-state index contributed by atoms with van der Waals surface area (Å²) in [6, 6.07) is 8.54. The van der Waals surface area contributed by atoms with E-state index >= 15 is 0 Å². The van der Waals surface area contributed by atoms with Gasteiger partial charge in [-0.15, -0.1) is 0 Å². The molecule has 0 saturated carbocycles. The van der Waals surface area contributed by atoms with Crippen molar-refractivity contribution in [3.05, 3.63) is 41.8 Å². The minimum absolute atomic E-state index is 0.216. The van der Waals surface area contributed by atoms with E-state index in [1.54, 1.807) is 12.1 Å². The molecule has 17 heavy (non-hydrogen) atoms. The molecule has 90 valence electrons. The third-order valence-corrected chi connectivity index (χ3v) is 2.63. The van der Waals surface area contributed by atoms with Gasteiger partial charge in [0, 0.05) is 13.1 Å². The van der Waals surface area contributed by atoms with Crippen LogP contribution in [0.3, 0.4) is 0 Å². The molecule has 1 heterocycles. The van der Waals surface area contributed by atoms with E-state index in [9.17, 15) is 4.39 Å². The molecule has 1 aromatic heterocycles. The number of hydrogen-bond donors (Lipinski definition) is 1. The first kappa shape index (κ1) is 11.8. The molecule has 0 fully saturated rings. The van der Waals surface area contributed by atoms with Crippen LogP contribution < -0.4 is 5.32 Å². The molecule has 4 heteroatoms. The van der Waals surface area contributed by atoms with Gasteiger partial charge in [-0.05, 0) is 49.9 Å². The Labute approximate surface area is 100 Å². The molecule has 0 aliphatic heterocycles. The average Bonchev–Trinajstić information content (AvgIpc) is 2.74. The topological polar surface area (TPSA) is 29.9 Å². The van der Waals surface area contributed by atoms with E-state index < -0.39 is 0 Å². The monoisotopic (exact) mass is 233 g/mol. The lowest BCUT2D eigenvalue weighted by molar-refractivity contribution is 0.627. The van der Waals surface area contributed by atoms with Crippen LogP contribution in [0.5, 0.6) is 0 Å². The second-order valence-electron chi connectivity index (χ2n) is 3.87. The average molecular weight is 233 g/mol. The molecule has 0 saturated heterocycles. The Kier molecular flexibility index (Phi) is 3.54. The summed E-state index contributed by atoms with van der Waals surface area (Å²) in [4.78, 5) is 0. The van der Waals surface area contributed by atoms with Gasteiger partial charge in [-0.3, -0.25) is 4.68 Å². The van der Waals surface area contributed by atoms with Crippen molar-refractivity contribution < 1.29 is 4.39 Å². The molecule has 0 amide bonds.